The second kappa shape index (κ2) is 13.5. The lowest BCUT2D eigenvalue weighted by Crippen LogP contribution is -2.34. The van der Waals surface area contributed by atoms with Gasteiger partial charge in [-0.05, 0) is 44.6 Å². The molecule has 0 aromatic rings. The van der Waals surface area contributed by atoms with Crippen LogP contribution in [0.5, 0.6) is 0 Å². The second-order valence-electron chi connectivity index (χ2n) is 8.84. The van der Waals surface area contributed by atoms with Crippen molar-refractivity contribution in [3.05, 3.63) is 58.7 Å². The summed E-state index contributed by atoms with van der Waals surface area (Å²) in [5, 5.41) is 9.71. The van der Waals surface area contributed by atoms with E-state index in [2.05, 4.69) is 6.58 Å². The van der Waals surface area contributed by atoms with Gasteiger partial charge in [0.2, 0.25) is 0 Å². The summed E-state index contributed by atoms with van der Waals surface area (Å²) in [4.78, 5) is 59.2. The third kappa shape index (κ3) is 8.11. The second-order valence-corrected chi connectivity index (χ2v) is 8.84. The Morgan fingerprint density at radius 1 is 1.19 bits per heavy atom. The first-order valence-electron chi connectivity index (χ1n) is 11.7. The lowest BCUT2D eigenvalue weighted by atomic mass is 9.85. The standard InChI is InChI=1S/C27H32O10/c1-15-6-7-21(35-19(5)30)17(3)13-23-24(18(4)26(32)36-23)22(12-15)37-27(33)20(14-29)9-11-34-25(31)16(2)8-10-28/h6,8-10,13,21-24,29H,4,7,11-12,14H2,1-3,5H3/b15-6+,16-8+,17-13-,20-9+/t21-,22-,23-,24-/m1/s1. The van der Waals surface area contributed by atoms with Gasteiger partial charge in [-0.25, -0.2) is 14.4 Å². The molecule has 0 saturated carbocycles. The molecule has 1 saturated heterocycles. The molecular formula is C27H32O10. The molecule has 1 aliphatic heterocycles. The van der Waals surface area contributed by atoms with Gasteiger partial charge in [0.05, 0.1) is 18.1 Å². The highest BCUT2D eigenvalue weighted by molar-refractivity contribution is 5.93. The molecule has 200 valence electrons. The van der Waals surface area contributed by atoms with Crippen LogP contribution in [-0.2, 0) is 42.9 Å². The van der Waals surface area contributed by atoms with Gasteiger partial charge in [-0.2, -0.15) is 0 Å². The van der Waals surface area contributed by atoms with Crippen molar-refractivity contribution < 1.29 is 48.0 Å². The summed E-state index contributed by atoms with van der Waals surface area (Å²) in [7, 11) is 0. The molecule has 10 heteroatoms. The number of carbonyl (C=O) groups excluding carboxylic acids is 5. The smallest absolute Gasteiger partial charge is 0.336 e. The molecule has 10 nitrogen and oxygen atoms in total. The number of allylic oxidation sites excluding steroid dienone is 1. The van der Waals surface area contributed by atoms with Crippen molar-refractivity contribution in [2.75, 3.05) is 13.2 Å². The zero-order chi connectivity index (χ0) is 27.7. The van der Waals surface area contributed by atoms with E-state index < -0.39 is 54.7 Å². The Morgan fingerprint density at radius 3 is 2.51 bits per heavy atom. The Balaban J connectivity index is 2.29. The number of fused-ring (bicyclic) bond motifs is 1. The van der Waals surface area contributed by atoms with E-state index >= 15 is 0 Å². The van der Waals surface area contributed by atoms with Crippen LogP contribution in [0.1, 0.15) is 40.5 Å². The molecule has 2 rings (SSSR count). The normalized spacial score (nSPS) is 27.5. The Labute approximate surface area is 215 Å². The van der Waals surface area contributed by atoms with Crippen LogP contribution in [0.3, 0.4) is 0 Å². The Kier molecular flexibility index (Phi) is 10.7. The molecule has 1 fully saturated rings. The molecule has 4 atom stereocenters. The van der Waals surface area contributed by atoms with Gasteiger partial charge in [-0.15, -0.1) is 0 Å². The summed E-state index contributed by atoms with van der Waals surface area (Å²) < 4.78 is 21.6. The number of carbonyl (C=O) groups is 5. The van der Waals surface area contributed by atoms with E-state index in [-0.39, 0.29) is 29.7 Å². The quantitative estimate of drug-likeness (QED) is 0.168. The lowest BCUT2D eigenvalue weighted by Gasteiger charge is -2.28. The van der Waals surface area contributed by atoms with Crippen LogP contribution < -0.4 is 0 Å². The first kappa shape index (κ1) is 29.4. The zero-order valence-corrected chi connectivity index (χ0v) is 21.4. The molecule has 0 bridgehead atoms. The van der Waals surface area contributed by atoms with E-state index in [1.807, 2.05) is 13.0 Å². The molecule has 1 aliphatic carbocycles. The van der Waals surface area contributed by atoms with E-state index in [4.69, 9.17) is 18.9 Å². The first-order valence-corrected chi connectivity index (χ1v) is 11.7. The van der Waals surface area contributed by atoms with Gasteiger partial charge >= 0.3 is 23.9 Å². The SMILES string of the molecule is C=C1C(=O)O[C@@H]2/C=C(/C)[C@H](OC(C)=O)C/C=C(\C)C[C@@H](OC(=O)/C(=C/COC(=O)/C(C)=C/C=O)CO)[C@@H]12. The summed E-state index contributed by atoms with van der Waals surface area (Å²) in [6, 6.07) is 0. The summed E-state index contributed by atoms with van der Waals surface area (Å²) in [6.45, 7) is 9.10. The average molecular weight is 517 g/mol. The number of hydrogen-bond acceptors (Lipinski definition) is 10. The molecule has 0 aromatic carbocycles. The van der Waals surface area contributed by atoms with Crippen LogP contribution in [0.4, 0.5) is 0 Å². The molecule has 37 heavy (non-hydrogen) atoms. The number of aliphatic hydroxyl groups excluding tert-OH is 1. The van der Waals surface area contributed by atoms with Crippen LogP contribution in [0.25, 0.3) is 0 Å². The highest BCUT2D eigenvalue weighted by Gasteiger charge is 2.45. The van der Waals surface area contributed by atoms with E-state index in [9.17, 15) is 29.1 Å². The number of aldehydes is 1. The molecular weight excluding hydrogens is 484 g/mol. The first-order chi connectivity index (χ1) is 17.5. The summed E-state index contributed by atoms with van der Waals surface area (Å²) in [5.74, 6) is -3.41. The molecule has 0 spiro atoms. The van der Waals surface area contributed by atoms with E-state index in [0.29, 0.717) is 18.3 Å². The van der Waals surface area contributed by atoms with Gasteiger partial charge in [0.1, 0.15) is 31.2 Å². The highest BCUT2D eigenvalue weighted by Crippen LogP contribution is 2.36. The maximum absolute atomic E-state index is 12.9. The van der Waals surface area contributed by atoms with Crippen molar-refractivity contribution in [3.8, 4) is 0 Å². The summed E-state index contributed by atoms with van der Waals surface area (Å²) >= 11 is 0. The van der Waals surface area contributed by atoms with Crippen molar-refractivity contribution in [1.82, 2.24) is 0 Å². The fourth-order valence-electron chi connectivity index (χ4n) is 3.95. The maximum Gasteiger partial charge on any atom is 0.336 e. The van der Waals surface area contributed by atoms with Gasteiger partial charge in [0, 0.05) is 30.9 Å². The zero-order valence-electron chi connectivity index (χ0n) is 21.4. The topological polar surface area (TPSA) is 142 Å². The van der Waals surface area contributed by atoms with Crippen molar-refractivity contribution in [2.45, 2.75) is 58.8 Å². The van der Waals surface area contributed by atoms with E-state index in [1.54, 1.807) is 13.0 Å². The summed E-state index contributed by atoms with van der Waals surface area (Å²) in [6.07, 6.45) is 4.62. The minimum Gasteiger partial charge on any atom is -0.458 e. The van der Waals surface area contributed by atoms with Gasteiger partial charge < -0.3 is 24.1 Å². The minimum atomic E-state index is -0.864. The Hall–Kier alpha value is -3.79. The monoisotopic (exact) mass is 516 g/mol. The van der Waals surface area contributed by atoms with Crippen LogP contribution in [0, 0.1) is 5.92 Å². The molecule has 0 aromatic heterocycles. The van der Waals surface area contributed by atoms with Crippen LogP contribution in [0.2, 0.25) is 0 Å². The molecule has 0 unspecified atom stereocenters. The lowest BCUT2D eigenvalue weighted by molar-refractivity contribution is -0.148. The maximum atomic E-state index is 12.9. The number of rotatable bonds is 8. The molecule has 2 aliphatic rings. The van der Waals surface area contributed by atoms with Gasteiger partial charge in [0.25, 0.3) is 0 Å². The molecule has 1 N–H and O–H groups in total. The third-order valence-electron chi connectivity index (χ3n) is 5.98. The largest absolute Gasteiger partial charge is 0.458 e. The van der Waals surface area contributed by atoms with E-state index in [1.165, 1.54) is 19.9 Å². The van der Waals surface area contributed by atoms with Crippen molar-refractivity contribution >= 4 is 30.2 Å². The predicted molar refractivity (Wildman–Crippen MR) is 131 cm³/mol. The van der Waals surface area contributed by atoms with Crippen LogP contribution in [-0.4, -0.2) is 66.8 Å². The fourth-order valence-corrected chi connectivity index (χ4v) is 3.95. The number of ether oxygens (including phenoxy) is 4. The van der Waals surface area contributed by atoms with E-state index in [0.717, 1.165) is 11.6 Å². The molecule has 0 amide bonds. The van der Waals surface area contributed by atoms with Gasteiger partial charge in [0.15, 0.2) is 0 Å². The Bertz CT molecular complexity index is 1070. The predicted octanol–water partition coefficient (Wildman–Crippen LogP) is 2.22. The fraction of sp³-hybridized carbons (Fsp3) is 0.444. The number of aliphatic hydroxyl groups is 1. The molecule has 1 heterocycles. The highest BCUT2D eigenvalue weighted by atomic mass is 16.6. The van der Waals surface area contributed by atoms with Crippen molar-refractivity contribution in [2.24, 2.45) is 5.92 Å². The van der Waals surface area contributed by atoms with Gasteiger partial charge in [-0.3, -0.25) is 9.59 Å². The van der Waals surface area contributed by atoms with Crippen LogP contribution in [0.15, 0.2) is 58.7 Å². The average Bonchev–Trinajstić information content (AvgIpc) is 3.10. The number of hydrogen-bond donors (Lipinski definition) is 1. The summed E-state index contributed by atoms with van der Waals surface area (Å²) in [5.41, 5.74) is 1.54. The van der Waals surface area contributed by atoms with Crippen LogP contribution >= 0.6 is 0 Å². The van der Waals surface area contributed by atoms with Gasteiger partial charge in [-0.1, -0.05) is 18.2 Å². The van der Waals surface area contributed by atoms with Crippen molar-refractivity contribution in [3.63, 3.8) is 0 Å². The van der Waals surface area contributed by atoms with Crippen molar-refractivity contribution in [1.29, 1.82) is 0 Å². The Morgan fingerprint density at radius 2 is 1.89 bits per heavy atom. The third-order valence-corrected chi connectivity index (χ3v) is 5.98. The minimum absolute atomic E-state index is 0.0787. The number of esters is 4. The molecule has 0 radical (unpaired) electrons.